The number of rotatable bonds is 6. The van der Waals surface area contributed by atoms with Crippen molar-refractivity contribution in [3.8, 4) is 5.75 Å². The van der Waals surface area contributed by atoms with Crippen molar-refractivity contribution < 1.29 is 19.1 Å². The van der Waals surface area contributed by atoms with Gasteiger partial charge < -0.3 is 15.4 Å². The van der Waals surface area contributed by atoms with Crippen LogP contribution in [0.4, 0.5) is 17.1 Å². The predicted molar refractivity (Wildman–Crippen MR) is 133 cm³/mol. The largest absolute Gasteiger partial charge is 0.497 e. The molecule has 7 nitrogen and oxygen atoms in total. The fraction of sp³-hybridized carbons (Fsp3) is 0.148. The Labute approximate surface area is 198 Å². The second kappa shape index (κ2) is 9.23. The zero-order valence-electron chi connectivity index (χ0n) is 19.4. The van der Waals surface area contributed by atoms with Crippen LogP contribution in [0, 0.1) is 13.8 Å². The molecule has 0 fully saturated rings. The van der Waals surface area contributed by atoms with Gasteiger partial charge in [-0.3, -0.25) is 14.4 Å². The van der Waals surface area contributed by atoms with Crippen LogP contribution in [0.1, 0.15) is 23.6 Å². The van der Waals surface area contributed by atoms with Crippen LogP contribution in [0.15, 0.2) is 72.4 Å². The van der Waals surface area contributed by atoms with Crippen molar-refractivity contribution >= 4 is 40.4 Å². The third-order valence-corrected chi connectivity index (χ3v) is 5.69. The van der Waals surface area contributed by atoms with Gasteiger partial charge in [0.05, 0.1) is 18.4 Å². The first-order valence-corrected chi connectivity index (χ1v) is 10.8. The van der Waals surface area contributed by atoms with Gasteiger partial charge in [0.25, 0.3) is 11.8 Å². The number of amides is 3. The van der Waals surface area contributed by atoms with E-state index in [0.717, 1.165) is 11.1 Å². The summed E-state index contributed by atoms with van der Waals surface area (Å²) in [5, 5.41) is 5.83. The lowest BCUT2D eigenvalue weighted by molar-refractivity contribution is -0.120. The first kappa shape index (κ1) is 22.8. The lowest BCUT2D eigenvalue weighted by atomic mass is 10.0. The number of carbonyl (C=O) groups is 3. The van der Waals surface area contributed by atoms with E-state index in [9.17, 15) is 14.4 Å². The number of aryl methyl sites for hydroxylation is 2. The third kappa shape index (κ3) is 4.41. The lowest BCUT2D eigenvalue weighted by Gasteiger charge is -2.17. The fourth-order valence-corrected chi connectivity index (χ4v) is 3.75. The lowest BCUT2D eigenvalue weighted by Crippen LogP contribution is -2.32. The smallest absolute Gasteiger partial charge is 0.282 e. The molecule has 0 radical (unpaired) electrons. The number of anilines is 3. The Morgan fingerprint density at radius 3 is 2.06 bits per heavy atom. The highest BCUT2D eigenvalue weighted by molar-refractivity contribution is 6.46. The molecule has 172 valence electrons. The molecule has 3 aromatic carbocycles. The molecule has 2 N–H and O–H groups in total. The van der Waals surface area contributed by atoms with Crippen LogP contribution in [0.25, 0.3) is 5.57 Å². The minimum Gasteiger partial charge on any atom is -0.497 e. The number of imide groups is 1. The van der Waals surface area contributed by atoms with Gasteiger partial charge in [-0.1, -0.05) is 18.2 Å². The zero-order chi connectivity index (χ0) is 24.4. The first-order chi connectivity index (χ1) is 16.3. The Morgan fingerprint density at radius 1 is 0.824 bits per heavy atom. The first-order valence-electron chi connectivity index (χ1n) is 10.8. The quantitative estimate of drug-likeness (QED) is 0.528. The van der Waals surface area contributed by atoms with Gasteiger partial charge in [-0.15, -0.1) is 0 Å². The van der Waals surface area contributed by atoms with Crippen molar-refractivity contribution in [3.63, 3.8) is 0 Å². The van der Waals surface area contributed by atoms with E-state index in [-0.39, 0.29) is 17.2 Å². The van der Waals surface area contributed by atoms with Gasteiger partial charge in [0.2, 0.25) is 5.91 Å². The molecule has 0 atom stereocenters. The van der Waals surface area contributed by atoms with Crippen LogP contribution in [0.5, 0.6) is 5.75 Å². The van der Waals surface area contributed by atoms with E-state index in [0.29, 0.717) is 28.4 Å². The van der Waals surface area contributed by atoms with Crippen LogP contribution < -0.4 is 20.3 Å². The molecular formula is C27H25N3O4. The molecule has 0 aliphatic carbocycles. The van der Waals surface area contributed by atoms with Crippen LogP contribution in [0.3, 0.4) is 0 Å². The maximum absolute atomic E-state index is 13.6. The van der Waals surface area contributed by atoms with E-state index in [1.807, 2.05) is 26.0 Å². The summed E-state index contributed by atoms with van der Waals surface area (Å²) in [5.74, 6) is -0.373. The Hall–Kier alpha value is -4.39. The van der Waals surface area contributed by atoms with E-state index in [1.165, 1.54) is 11.8 Å². The molecule has 3 amide bonds. The molecule has 0 bridgehead atoms. The minimum atomic E-state index is -0.440. The normalized spacial score (nSPS) is 13.4. The van der Waals surface area contributed by atoms with Crippen LogP contribution in [-0.2, 0) is 14.4 Å². The Balaban J connectivity index is 1.76. The third-order valence-electron chi connectivity index (χ3n) is 5.69. The van der Waals surface area contributed by atoms with Gasteiger partial charge in [-0.05, 0) is 79.1 Å². The van der Waals surface area contributed by atoms with Gasteiger partial charge >= 0.3 is 0 Å². The van der Waals surface area contributed by atoms with Crippen molar-refractivity contribution in [1.29, 1.82) is 0 Å². The Morgan fingerprint density at radius 2 is 1.47 bits per heavy atom. The molecule has 0 aromatic heterocycles. The molecule has 34 heavy (non-hydrogen) atoms. The van der Waals surface area contributed by atoms with Crippen LogP contribution in [0.2, 0.25) is 0 Å². The maximum Gasteiger partial charge on any atom is 0.282 e. The summed E-state index contributed by atoms with van der Waals surface area (Å²) in [6, 6.07) is 19.4. The van der Waals surface area contributed by atoms with Gasteiger partial charge in [0.1, 0.15) is 11.4 Å². The van der Waals surface area contributed by atoms with Crippen LogP contribution in [-0.4, -0.2) is 24.8 Å². The van der Waals surface area contributed by atoms with Crippen molar-refractivity contribution in [1.82, 2.24) is 0 Å². The number of methoxy groups -OCH3 is 1. The highest BCUT2D eigenvalue weighted by atomic mass is 16.5. The molecule has 0 spiro atoms. The Bertz CT molecular complexity index is 1310. The second-order valence-corrected chi connectivity index (χ2v) is 8.08. The molecule has 3 aromatic rings. The number of nitrogens with zero attached hydrogens (tertiary/aromatic N) is 1. The summed E-state index contributed by atoms with van der Waals surface area (Å²) < 4.78 is 5.23. The molecule has 0 saturated carbocycles. The van der Waals surface area contributed by atoms with Gasteiger partial charge in [0.15, 0.2) is 0 Å². The predicted octanol–water partition coefficient (Wildman–Crippen LogP) is 4.67. The molecule has 1 aliphatic rings. The van der Waals surface area contributed by atoms with Crippen molar-refractivity contribution in [3.05, 3.63) is 89.1 Å². The topological polar surface area (TPSA) is 87.7 Å². The highest BCUT2D eigenvalue weighted by Gasteiger charge is 2.40. The van der Waals surface area contributed by atoms with Crippen molar-refractivity contribution in [2.75, 3.05) is 22.6 Å². The van der Waals surface area contributed by atoms with E-state index < -0.39 is 11.8 Å². The fourth-order valence-electron chi connectivity index (χ4n) is 3.75. The molecule has 1 heterocycles. The van der Waals surface area contributed by atoms with Crippen LogP contribution >= 0.6 is 0 Å². The standard InChI is InChI=1S/C27H25N3O4/c1-16-5-12-22(15-17(16)2)30-26(32)24(19-6-13-23(34-4)14-7-19)25(27(30)33)29-21-10-8-20(9-11-21)28-18(3)31/h5-15,29H,1-4H3,(H,28,31). The number of hydrogen-bond acceptors (Lipinski definition) is 5. The van der Waals surface area contributed by atoms with Gasteiger partial charge in [0, 0.05) is 18.3 Å². The van der Waals surface area contributed by atoms with E-state index >= 15 is 0 Å². The summed E-state index contributed by atoms with van der Waals surface area (Å²) in [6.07, 6.45) is 0. The summed E-state index contributed by atoms with van der Waals surface area (Å²) in [6.45, 7) is 5.35. The number of ether oxygens (including phenoxy) is 1. The highest BCUT2D eigenvalue weighted by Crippen LogP contribution is 2.35. The zero-order valence-corrected chi connectivity index (χ0v) is 19.4. The number of nitrogens with one attached hydrogen (secondary N) is 2. The molecule has 4 rings (SSSR count). The molecule has 0 saturated heterocycles. The minimum absolute atomic E-state index is 0.175. The molecular weight excluding hydrogens is 430 g/mol. The van der Waals surface area contributed by atoms with E-state index in [2.05, 4.69) is 10.6 Å². The number of benzene rings is 3. The SMILES string of the molecule is COc1ccc(C2=C(Nc3ccc(NC(C)=O)cc3)C(=O)N(c3ccc(C)c(C)c3)C2=O)cc1. The Kier molecular flexibility index (Phi) is 6.19. The summed E-state index contributed by atoms with van der Waals surface area (Å²) in [5.41, 5.74) is 4.87. The molecule has 7 heteroatoms. The number of hydrogen-bond donors (Lipinski definition) is 2. The van der Waals surface area contributed by atoms with Gasteiger partial charge in [-0.25, -0.2) is 4.90 Å². The summed E-state index contributed by atoms with van der Waals surface area (Å²) in [4.78, 5) is 39.6. The van der Waals surface area contributed by atoms with E-state index in [4.69, 9.17) is 4.74 Å². The number of carbonyl (C=O) groups excluding carboxylic acids is 3. The monoisotopic (exact) mass is 455 g/mol. The maximum atomic E-state index is 13.6. The molecule has 0 unspecified atom stereocenters. The van der Waals surface area contributed by atoms with Crippen molar-refractivity contribution in [2.45, 2.75) is 20.8 Å². The van der Waals surface area contributed by atoms with Gasteiger partial charge in [-0.2, -0.15) is 0 Å². The second-order valence-electron chi connectivity index (χ2n) is 8.08. The van der Waals surface area contributed by atoms with E-state index in [1.54, 1.807) is 61.7 Å². The van der Waals surface area contributed by atoms with Crippen molar-refractivity contribution in [2.24, 2.45) is 0 Å². The molecule has 1 aliphatic heterocycles. The summed E-state index contributed by atoms with van der Waals surface area (Å²) in [7, 11) is 1.57. The average Bonchev–Trinajstić information content (AvgIpc) is 3.06. The average molecular weight is 456 g/mol. The summed E-state index contributed by atoms with van der Waals surface area (Å²) >= 11 is 0.